The van der Waals surface area contributed by atoms with Crippen LogP contribution in [0, 0.1) is 5.92 Å². The van der Waals surface area contributed by atoms with Crippen molar-refractivity contribution in [3.05, 3.63) is 0 Å². The first-order valence-electron chi connectivity index (χ1n) is 6.31. The summed E-state index contributed by atoms with van der Waals surface area (Å²) < 4.78 is 5.81. The van der Waals surface area contributed by atoms with Crippen LogP contribution in [0.25, 0.3) is 0 Å². The van der Waals surface area contributed by atoms with E-state index in [1.165, 1.54) is 12.8 Å². The van der Waals surface area contributed by atoms with Crippen LogP contribution in [0.1, 0.15) is 33.1 Å². The highest BCUT2D eigenvalue weighted by Crippen LogP contribution is 2.34. The smallest absolute Gasteiger partial charge is 0.191 e. The Morgan fingerprint density at radius 3 is 2.65 bits per heavy atom. The normalized spacial score (nSPS) is 31.5. The molecule has 0 amide bonds. The number of nitrogens with zero attached hydrogens (tertiary/aromatic N) is 1. The van der Waals surface area contributed by atoms with Gasteiger partial charge in [-0.25, -0.2) is 0 Å². The van der Waals surface area contributed by atoms with Crippen molar-refractivity contribution in [2.24, 2.45) is 10.9 Å². The Hall–Kier alpha value is -0.0400. The van der Waals surface area contributed by atoms with Crippen molar-refractivity contribution in [2.45, 2.75) is 51.4 Å². The molecule has 0 spiro atoms. The summed E-state index contributed by atoms with van der Waals surface area (Å²) in [5.41, 5.74) is 0. The maximum Gasteiger partial charge on any atom is 0.191 e. The van der Waals surface area contributed by atoms with Gasteiger partial charge in [0.2, 0.25) is 0 Å². The van der Waals surface area contributed by atoms with Gasteiger partial charge in [-0.3, -0.25) is 4.99 Å². The van der Waals surface area contributed by atoms with E-state index in [-0.39, 0.29) is 24.0 Å². The fourth-order valence-electron chi connectivity index (χ4n) is 2.46. The van der Waals surface area contributed by atoms with Crippen molar-refractivity contribution >= 4 is 29.9 Å². The van der Waals surface area contributed by atoms with Gasteiger partial charge < -0.3 is 15.4 Å². The highest BCUT2D eigenvalue weighted by Gasteiger charge is 2.40. The maximum absolute atomic E-state index is 5.81. The van der Waals surface area contributed by atoms with Gasteiger partial charge in [0.15, 0.2) is 5.96 Å². The Morgan fingerprint density at radius 2 is 2.18 bits per heavy atom. The van der Waals surface area contributed by atoms with E-state index in [1.807, 2.05) is 7.05 Å². The van der Waals surface area contributed by atoms with E-state index in [2.05, 4.69) is 29.5 Å². The van der Waals surface area contributed by atoms with Crippen molar-refractivity contribution in [3.8, 4) is 0 Å². The Balaban J connectivity index is 0.00000144. The zero-order valence-corrected chi connectivity index (χ0v) is 13.2. The predicted octanol–water partition coefficient (Wildman–Crippen LogP) is 1.75. The van der Waals surface area contributed by atoms with Crippen LogP contribution in [0.3, 0.4) is 0 Å². The fourth-order valence-corrected chi connectivity index (χ4v) is 2.46. The molecule has 4 nitrogen and oxygen atoms in total. The van der Waals surface area contributed by atoms with Crippen LogP contribution in [0.5, 0.6) is 0 Å². The Kier molecular flexibility index (Phi) is 5.99. The minimum atomic E-state index is 0. The molecule has 0 saturated carbocycles. The lowest BCUT2D eigenvalue weighted by atomic mass is 9.96. The van der Waals surface area contributed by atoms with E-state index in [0.717, 1.165) is 18.9 Å². The zero-order valence-electron chi connectivity index (χ0n) is 10.9. The quantitative estimate of drug-likeness (QED) is 0.462. The molecule has 2 heterocycles. The third kappa shape index (κ3) is 3.98. The molecular formula is C12H24IN3O. The van der Waals surface area contributed by atoms with Gasteiger partial charge in [0.05, 0.1) is 18.2 Å². The fraction of sp³-hybridized carbons (Fsp3) is 0.917. The van der Waals surface area contributed by atoms with Crippen LogP contribution in [0.2, 0.25) is 0 Å². The molecule has 3 unspecified atom stereocenters. The number of hydrogen-bond acceptors (Lipinski definition) is 2. The lowest BCUT2D eigenvalue weighted by Gasteiger charge is -2.23. The number of ether oxygens (including phenoxy) is 1. The van der Waals surface area contributed by atoms with E-state index in [1.54, 1.807) is 0 Å². The molecular weight excluding hydrogens is 329 g/mol. The predicted molar refractivity (Wildman–Crippen MR) is 81.1 cm³/mol. The van der Waals surface area contributed by atoms with Crippen LogP contribution >= 0.6 is 24.0 Å². The molecule has 2 N–H and O–H groups in total. The lowest BCUT2D eigenvalue weighted by Crippen LogP contribution is -2.48. The van der Waals surface area contributed by atoms with Crippen molar-refractivity contribution in [2.75, 3.05) is 13.6 Å². The first kappa shape index (κ1) is 15.0. The summed E-state index contributed by atoms with van der Waals surface area (Å²) in [5.74, 6) is 1.55. The number of aliphatic imine (C=N–C) groups is 1. The van der Waals surface area contributed by atoms with Gasteiger partial charge in [0.25, 0.3) is 0 Å². The SMILES string of the molecule is CN=C(NCC(C)C)NC1CC2CCC1O2.I. The van der Waals surface area contributed by atoms with E-state index in [4.69, 9.17) is 4.74 Å². The van der Waals surface area contributed by atoms with Crippen molar-refractivity contribution in [1.82, 2.24) is 10.6 Å². The summed E-state index contributed by atoms with van der Waals surface area (Å²) in [6.07, 6.45) is 4.46. The maximum atomic E-state index is 5.81. The summed E-state index contributed by atoms with van der Waals surface area (Å²) >= 11 is 0. The Labute approximate surface area is 121 Å². The van der Waals surface area contributed by atoms with Crippen LogP contribution in [0.4, 0.5) is 0 Å². The summed E-state index contributed by atoms with van der Waals surface area (Å²) in [6.45, 7) is 5.35. The number of nitrogens with one attached hydrogen (secondary N) is 2. The summed E-state index contributed by atoms with van der Waals surface area (Å²) in [5, 5.41) is 6.80. The molecule has 5 heteroatoms. The lowest BCUT2D eigenvalue weighted by molar-refractivity contribution is 0.0992. The summed E-state index contributed by atoms with van der Waals surface area (Å²) in [7, 11) is 1.82. The second-order valence-corrected chi connectivity index (χ2v) is 5.21. The molecule has 2 saturated heterocycles. The van der Waals surface area contributed by atoms with Gasteiger partial charge in [0, 0.05) is 13.6 Å². The van der Waals surface area contributed by atoms with Crippen molar-refractivity contribution in [3.63, 3.8) is 0 Å². The number of fused-ring (bicyclic) bond motifs is 2. The summed E-state index contributed by atoms with van der Waals surface area (Å²) in [6, 6.07) is 0.456. The molecule has 3 atom stereocenters. The third-order valence-electron chi connectivity index (χ3n) is 3.33. The van der Waals surface area contributed by atoms with Gasteiger partial charge in [-0.15, -0.1) is 24.0 Å². The molecule has 100 valence electrons. The first-order valence-corrected chi connectivity index (χ1v) is 6.31. The second kappa shape index (κ2) is 6.78. The van der Waals surface area contributed by atoms with Gasteiger partial charge in [-0.05, 0) is 25.2 Å². The average molecular weight is 353 g/mol. The Bertz CT molecular complexity index is 270. The van der Waals surface area contributed by atoms with Crippen molar-refractivity contribution in [1.29, 1.82) is 0 Å². The van der Waals surface area contributed by atoms with E-state index >= 15 is 0 Å². The molecule has 0 aliphatic carbocycles. The molecule has 2 fully saturated rings. The summed E-state index contributed by atoms with van der Waals surface area (Å²) in [4.78, 5) is 4.25. The molecule has 0 radical (unpaired) electrons. The molecule has 2 rings (SSSR count). The topological polar surface area (TPSA) is 45.7 Å². The van der Waals surface area contributed by atoms with Gasteiger partial charge >= 0.3 is 0 Å². The number of hydrogen-bond donors (Lipinski definition) is 2. The average Bonchev–Trinajstić information content (AvgIpc) is 2.85. The van der Waals surface area contributed by atoms with E-state index < -0.39 is 0 Å². The van der Waals surface area contributed by atoms with Gasteiger partial charge in [-0.1, -0.05) is 13.8 Å². The number of guanidine groups is 1. The second-order valence-electron chi connectivity index (χ2n) is 5.21. The number of rotatable bonds is 3. The largest absolute Gasteiger partial charge is 0.373 e. The highest BCUT2D eigenvalue weighted by atomic mass is 127. The number of halogens is 1. The Morgan fingerprint density at radius 1 is 1.41 bits per heavy atom. The van der Waals surface area contributed by atoms with Crippen LogP contribution in [-0.4, -0.2) is 37.8 Å². The van der Waals surface area contributed by atoms with Gasteiger partial charge in [-0.2, -0.15) is 0 Å². The molecule has 0 aromatic carbocycles. The minimum Gasteiger partial charge on any atom is -0.373 e. The molecule has 2 aliphatic heterocycles. The zero-order chi connectivity index (χ0) is 11.5. The molecule has 0 aromatic rings. The molecule has 0 aromatic heterocycles. The molecule has 17 heavy (non-hydrogen) atoms. The third-order valence-corrected chi connectivity index (χ3v) is 3.33. The van der Waals surface area contributed by atoms with E-state index in [9.17, 15) is 0 Å². The highest BCUT2D eigenvalue weighted by molar-refractivity contribution is 14.0. The van der Waals surface area contributed by atoms with Crippen LogP contribution in [0.15, 0.2) is 4.99 Å². The van der Waals surface area contributed by atoms with Crippen LogP contribution in [-0.2, 0) is 4.74 Å². The molecule has 2 aliphatic rings. The molecule has 2 bridgehead atoms. The standard InChI is InChI=1S/C12H23N3O.HI/c1-8(2)7-14-12(13-3)15-10-6-9-4-5-11(10)16-9;/h8-11H,4-7H2,1-3H3,(H2,13,14,15);1H. The van der Waals surface area contributed by atoms with Gasteiger partial charge in [0.1, 0.15) is 0 Å². The first-order chi connectivity index (χ1) is 7.69. The van der Waals surface area contributed by atoms with Crippen molar-refractivity contribution < 1.29 is 4.74 Å². The van der Waals surface area contributed by atoms with Crippen LogP contribution < -0.4 is 10.6 Å². The van der Waals surface area contributed by atoms with E-state index in [0.29, 0.717) is 24.2 Å². The minimum absolute atomic E-state index is 0. The monoisotopic (exact) mass is 353 g/mol.